The van der Waals surface area contributed by atoms with Crippen LogP contribution in [0.1, 0.15) is 28.3 Å². The molecule has 0 bridgehead atoms. The number of rotatable bonds is 7. The van der Waals surface area contributed by atoms with Gasteiger partial charge in [-0.25, -0.2) is 13.8 Å². The van der Waals surface area contributed by atoms with E-state index in [4.69, 9.17) is 16.3 Å². The Kier molecular flexibility index (Phi) is 5.23. The van der Waals surface area contributed by atoms with Crippen molar-refractivity contribution in [2.75, 3.05) is 5.75 Å². The minimum atomic E-state index is -1.12. The minimum absolute atomic E-state index is 0.247. The van der Waals surface area contributed by atoms with Gasteiger partial charge in [0.2, 0.25) is 0 Å². The molecule has 1 unspecified atom stereocenters. The highest BCUT2D eigenvalue weighted by molar-refractivity contribution is 7.99. The smallest absolute Gasteiger partial charge is 0.146 e. The van der Waals surface area contributed by atoms with Gasteiger partial charge in [-0.15, -0.1) is 18.3 Å². The lowest BCUT2D eigenvalue weighted by Gasteiger charge is -2.23. The van der Waals surface area contributed by atoms with Crippen molar-refractivity contribution in [3.8, 4) is 0 Å². The molecular weight excluding hydrogens is 404 g/mol. The first-order chi connectivity index (χ1) is 13.6. The SMILES string of the molecule is C=CCSC(c1ncn[nH]1)[C@]1(c2ccc(F)cc2F)O[C@H]1c1ccccc1Cl. The fraction of sp³-hybridized carbons (Fsp3) is 0.200. The molecule has 1 fully saturated rings. The van der Waals surface area contributed by atoms with Crippen molar-refractivity contribution in [2.45, 2.75) is 17.0 Å². The molecule has 1 aliphatic heterocycles. The lowest BCUT2D eigenvalue weighted by atomic mass is 9.87. The minimum Gasteiger partial charge on any atom is -0.354 e. The van der Waals surface area contributed by atoms with E-state index in [9.17, 15) is 8.78 Å². The Hall–Kier alpha value is -2.22. The van der Waals surface area contributed by atoms with Gasteiger partial charge in [-0.3, -0.25) is 5.10 Å². The van der Waals surface area contributed by atoms with Crippen LogP contribution in [0.15, 0.2) is 61.4 Å². The van der Waals surface area contributed by atoms with Gasteiger partial charge in [-0.1, -0.05) is 41.9 Å². The van der Waals surface area contributed by atoms with Gasteiger partial charge in [0.25, 0.3) is 0 Å². The Bertz CT molecular complexity index is 1000. The Balaban J connectivity index is 1.87. The van der Waals surface area contributed by atoms with Crippen LogP contribution in [0, 0.1) is 11.6 Å². The molecule has 0 spiro atoms. The van der Waals surface area contributed by atoms with E-state index >= 15 is 0 Å². The van der Waals surface area contributed by atoms with Crippen molar-refractivity contribution < 1.29 is 13.5 Å². The standard InChI is InChI=1S/C20H16ClF2N3OS/c1-2-9-28-18(19-24-11-25-26-19)20(14-8-7-12(22)10-16(14)23)17(27-20)13-5-3-4-6-15(13)21/h2-8,10-11,17-18H,1,9H2,(H,24,25,26)/t17-,18?,20+/m0/s1. The number of hydrogen-bond acceptors (Lipinski definition) is 4. The third kappa shape index (κ3) is 3.23. The van der Waals surface area contributed by atoms with Crippen molar-refractivity contribution in [3.05, 3.63) is 95.1 Å². The molecule has 4 rings (SSSR count). The molecular formula is C20H16ClF2N3OS. The lowest BCUT2D eigenvalue weighted by molar-refractivity contribution is 0.282. The molecule has 1 aliphatic rings. The average molecular weight is 420 g/mol. The third-order valence-electron chi connectivity index (χ3n) is 4.64. The summed E-state index contributed by atoms with van der Waals surface area (Å²) in [4.78, 5) is 4.27. The van der Waals surface area contributed by atoms with E-state index < -0.39 is 28.6 Å². The molecule has 0 saturated carbocycles. The van der Waals surface area contributed by atoms with Crippen LogP contribution >= 0.6 is 23.4 Å². The molecule has 3 atom stereocenters. The van der Waals surface area contributed by atoms with Crippen molar-refractivity contribution in [1.82, 2.24) is 15.2 Å². The van der Waals surface area contributed by atoms with Crippen LogP contribution in [0.3, 0.4) is 0 Å². The monoisotopic (exact) mass is 419 g/mol. The number of nitrogens with one attached hydrogen (secondary N) is 1. The van der Waals surface area contributed by atoms with Crippen LogP contribution in [0.4, 0.5) is 8.78 Å². The predicted molar refractivity (Wildman–Crippen MR) is 105 cm³/mol. The van der Waals surface area contributed by atoms with Crippen LogP contribution in [-0.2, 0) is 10.3 Å². The molecule has 3 aromatic rings. The number of thioether (sulfide) groups is 1. The van der Waals surface area contributed by atoms with Crippen molar-refractivity contribution in [2.24, 2.45) is 0 Å². The third-order valence-corrected chi connectivity index (χ3v) is 6.32. The molecule has 2 heterocycles. The highest BCUT2D eigenvalue weighted by Gasteiger charge is 2.66. The maximum atomic E-state index is 14.9. The van der Waals surface area contributed by atoms with E-state index in [1.807, 2.05) is 18.2 Å². The molecule has 8 heteroatoms. The number of benzene rings is 2. The number of aromatic amines is 1. The van der Waals surface area contributed by atoms with Crippen molar-refractivity contribution >= 4 is 23.4 Å². The normalized spacial score (nSPS) is 22.0. The number of aromatic nitrogens is 3. The van der Waals surface area contributed by atoms with Crippen molar-refractivity contribution in [3.63, 3.8) is 0 Å². The second kappa shape index (κ2) is 7.66. The van der Waals surface area contributed by atoms with E-state index in [1.54, 1.807) is 12.1 Å². The van der Waals surface area contributed by atoms with Crippen LogP contribution in [0.25, 0.3) is 0 Å². The summed E-state index contributed by atoms with van der Waals surface area (Å²) in [6.07, 6.45) is 2.61. The first-order valence-corrected chi connectivity index (χ1v) is 9.96. The Labute approximate surface area is 170 Å². The maximum Gasteiger partial charge on any atom is 0.146 e. The first kappa shape index (κ1) is 19.1. The van der Waals surface area contributed by atoms with Crippen LogP contribution in [0.5, 0.6) is 0 Å². The second-order valence-corrected chi connectivity index (χ2v) is 7.85. The number of hydrogen-bond donors (Lipinski definition) is 1. The quantitative estimate of drug-likeness (QED) is 0.413. The number of halogens is 3. The largest absolute Gasteiger partial charge is 0.354 e. The number of epoxide rings is 1. The molecule has 28 heavy (non-hydrogen) atoms. The van der Waals surface area contributed by atoms with Gasteiger partial charge in [-0.05, 0) is 12.1 Å². The molecule has 0 amide bonds. The van der Waals surface area contributed by atoms with E-state index in [0.29, 0.717) is 16.6 Å². The molecule has 1 N–H and O–H groups in total. The highest BCUT2D eigenvalue weighted by atomic mass is 35.5. The van der Waals surface area contributed by atoms with Crippen molar-refractivity contribution in [1.29, 1.82) is 0 Å². The predicted octanol–water partition coefficient (Wildman–Crippen LogP) is 5.36. The van der Waals surface area contributed by atoms with Gasteiger partial charge in [0, 0.05) is 28.0 Å². The molecule has 144 valence electrons. The van der Waals surface area contributed by atoms with Gasteiger partial charge in [0.1, 0.15) is 40.7 Å². The molecule has 2 aromatic carbocycles. The van der Waals surface area contributed by atoms with Gasteiger partial charge < -0.3 is 4.74 Å². The molecule has 1 saturated heterocycles. The zero-order chi connectivity index (χ0) is 19.7. The first-order valence-electron chi connectivity index (χ1n) is 8.53. The fourth-order valence-electron chi connectivity index (χ4n) is 3.41. The van der Waals surface area contributed by atoms with Crippen LogP contribution < -0.4 is 0 Å². The Morgan fingerprint density at radius 3 is 2.82 bits per heavy atom. The maximum absolute atomic E-state index is 14.9. The summed E-state index contributed by atoms with van der Waals surface area (Å²) >= 11 is 7.86. The van der Waals surface area contributed by atoms with E-state index in [1.165, 1.54) is 30.2 Å². The van der Waals surface area contributed by atoms with E-state index in [-0.39, 0.29) is 5.56 Å². The zero-order valence-corrected chi connectivity index (χ0v) is 16.2. The van der Waals surface area contributed by atoms with E-state index in [2.05, 4.69) is 21.8 Å². The Morgan fingerprint density at radius 2 is 2.14 bits per heavy atom. The topological polar surface area (TPSA) is 54.1 Å². The van der Waals surface area contributed by atoms with Crippen LogP contribution in [-0.4, -0.2) is 20.9 Å². The summed E-state index contributed by atoms with van der Waals surface area (Å²) in [7, 11) is 0. The molecule has 0 radical (unpaired) electrons. The second-order valence-electron chi connectivity index (χ2n) is 6.31. The molecule has 0 aliphatic carbocycles. The average Bonchev–Trinajstić information content (AvgIpc) is 3.15. The number of nitrogens with zero attached hydrogens (tertiary/aromatic N) is 2. The number of H-pyrrole nitrogens is 1. The summed E-state index contributed by atoms with van der Waals surface area (Å²) < 4.78 is 34.6. The highest BCUT2D eigenvalue weighted by Crippen LogP contribution is 2.67. The summed E-state index contributed by atoms with van der Waals surface area (Å²) in [6, 6.07) is 10.7. The Morgan fingerprint density at radius 1 is 1.32 bits per heavy atom. The molecule has 1 aromatic heterocycles. The van der Waals surface area contributed by atoms with Gasteiger partial charge in [-0.2, -0.15) is 5.10 Å². The summed E-state index contributed by atoms with van der Waals surface area (Å²) in [5.74, 6) is -0.223. The van der Waals surface area contributed by atoms with Gasteiger partial charge in [0.15, 0.2) is 0 Å². The zero-order valence-electron chi connectivity index (χ0n) is 14.6. The number of ether oxygens (including phenoxy) is 1. The fourth-order valence-corrected chi connectivity index (χ4v) is 4.79. The van der Waals surface area contributed by atoms with Gasteiger partial charge in [0.05, 0.1) is 0 Å². The van der Waals surface area contributed by atoms with E-state index in [0.717, 1.165) is 11.6 Å². The molecule has 4 nitrogen and oxygen atoms in total. The van der Waals surface area contributed by atoms with Crippen LogP contribution in [0.2, 0.25) is 5.02 Å². The lowest BCUT2D eigenvalue weighted by Crippen LogP contribution is -2.22. The van der Waals surface area contributed by atoms with Gasteiger partial charge >= 0.3 is 0 Å². The summed E-state index contributed by atoms with van der Waals surface area (Å²) in [5.41, 5.74) is -0.135. The summed E-state index contributed by atoms with van der Waals surface area (Å²) in [6.45, 7) is 3.76. The summed E-state index contributed by atoms with van der Waals surface area (Å²) in [5, 5.41) is 6.86.